The number of nitrogens with one attached hydrogen (secondary N) is 1. The van der Waals surface area contributed by atoms with Crippen LogP contribution in [-0.4, -0.2) is 30.2 Å². The van der Waals surface area contributed by atoms with E-state index < -0.39 is 6.04 Å². The number of aromatic nitrogens is 1. The molecule has 8 heteroatoms. The molecule has 8 nitrogen and oxygen atoms in total. The minimum absolute atomic E-state index is 0.154. The van der Waals surface area contributed by atoms with Gasteiger partial charge in [0.1, 0.15) is 12.0 Å². The predicted octanol–water partition coefficient (Wildman–Crippen LogP) is 2.57. The van der Waals surface area contributed by atoms with Crippen molar-refractivity contribution in [3.8, 4) is 17.2 Å². The summed E-state index contributed by atoms with van der Waals surface area (Å²) in [5.74, 6) is 1.29. The fourth-order valence-corrected chi connectivity index (χ4v) is 2.80. The standard InChI is InChI=1S/C21H23N3O5/c1-27-18-8-5-14(10-19(18)28-2)11-23-20(26)17-12-29-21(24-17)16(22)9-13-3-6-15(25)7-4-13/h3-8,10,12,16,25H,9,11,22H2,1-2H3,(H,23,26). The molecule has 0 aliphatic heterocycles. The summed E-state index contributed by atoms with van der Waals surface area (Å²) in [5, 5.41) is 12.1. The number of ether oxygens (including phenoxy) is 2. The highest BCUT2D eigenvalue weighted by atomic mass is 16.5. The van der Waals surface area contributed by atoms with E-state index in [2.05, 4.69) is 10.3 Å². The zero-order valence-electron chi connectivity index (χ0n) is 16.2. The number of nitrogens with two attached hydrogens (primary N) is 1. The molecule has 29 heavy (non-hydrogen) atoms. The maximum Gasteiger partial charge on any atom is 0.273 e. The van der Waals surface area contributed by atoms with Crippen LogP contribution in [0.3, 0.4) is 0 Å². The van der Waals surface area contributed by atoms with Crippen molar-refractivity contribution < 1.29 is 23.8 Å². The Labute approximate surface area is 168 Å². The normalized spacial score (nSPS) is 11.7. The minimum atomic E-state index is -0.507. The molecule has 1 unspecified atom stereocenters. The second kappa shape index (κ2) is 9.11. The number of phenolic OH excluding ortho intramolecular Hbond substituents is 1. The third kappa shape index (κ3) is 5.05. The van der Waals surface area contributed by atoms with Gasteiger partial charge in [0.25, 0.3) is 5.91 Å². The van der Waals surface area contributed by atoms with Crippen LogP contribution >= 0.6 is 0 Å². The molecule has 0 aliphatic rings. The molecule has 152 valence electrons. The molecule has 4 N–H and O–H groups in total. The first-order chi connectivity index (χ1) is 14.0. The van der Waals surface area contributed by atoms with Crippen LogP contribution in [0.1, 0.15) is 33.5 Å². The van der Waals surface area contributed by atoms with Gasteiger partial charge < -0.3 is 30.0 Å². The van der Waals surface area contributed by atoms with Gasteiger partial charge in [0.2, 0.25) is 5.89 Å². The molecule has 0 saturated heterocycles. The molecular formula is C21H23N3O5. The lowest BCUT2D eigenvalue weighted by Gasteiger charge is -2.10. The van der Waals surface area contributed by atoms with Crippen LogP contribution in [0.4, 0.5) is 0 Å². The monoisotopic (exact) mass is 397 g/mol. The molecule has 2 aromatic carbocycles. The summed E-state index contributed by atoms with van der Waals surface area (Å²) in [4.78, 5) is 16.6. The van der Waals surface area contributed by atoms with E-state index in [1.165, 1.54) is 6.26 Å². The van der Waals surface area contributed by atoms with Gasteiger partial charge in [-0.1, -0.05) is 18.2 Å². The van der Waals surface area contributed by atoms with Crippen LogP contribution in [0.5, 0.6) is 17.2 Å². The van der Waals surface area contributed by atoms with Crippen molar-refractivity contribution in [3.63, 3.8) is 0 Å². The second-order valence-electron chi connectivity index (χ2n) is 6.42. The number of methoxy groups -OCH3 is 2. The highest BCUT2D eigenvalue weighted by Gasteiger charge is 2.17. The second-order valence-corrected chi connectivity index (χ2v) is 6.42. The molecule has 3 rings (SSSR count). The van der Waals surface area contributed by atoms with Gasteiger partial charge in [-0.2, -0.15) is 0 Å². The average Bonchev–Trinajstić information content (AvgIpc) is 3.24. The number of amides is 1. The zero-order valence-corrected chi connectivity index (χ0v) is 16.2. The SMILES string of the molecule is COc1ccc(CNC(=O)c2coc(C(N)Cc3ccc(O)cc3)n2)cc1OC. The number of carbonyl (C=O) groups is 1. The molecule has 0 radical (unpaired) electrons. The largest absolute Gasteiger partial charge is 0.508 e. The molecule has 0 spiro atoms. The molecule has 1 amide bonds. The van der Waals surface area contributed by atoms with Crippen molar-refractivity contribution in [3.05, 3.63) is 71.4 Å². The number of carbonyl (C=O) groups excluding carboxylic acids is 1. The van der Waals surface area contributed by atoms with Gasteiger partial charge in [-0.25, -0.2) is 4.98 Å². The molecule has 0 fully saturated rings. The van der Waals surface area contributed by atoms with Gasteiger partial charge in [-0.15, -0.1) is 0 Å². The van der Waals surface area contributed by atoms with Crippen molar-refractivity contribution in [2.45, 2.75) is 19.0 Å². The summed E-state index contributed by atoms with van der Waals surface area (Å²) in [6, 6.07) is 11.6. The predicted molar refractivity (Wildman–Crippen MR) is 106 cm³/mol. The average molecular weight is 397 g/mol. The highest BCUT2D eigenvalue weighted by Crippen LogP contribution is 2.27. The van der Waals surface area contributed by atoms with Gasteiger partial charge in [0.15, 0.2) is 17.2 Å². The first kappa shape index (κ1) is 20.2. The van der Waals surface area contributed by atoms with Gasteiger partial charge in [-0.05, 0) is 41.8 Å². The Bertz CT molecular complexity index is 969. The van der Waals surface area contributed by atoms with Gasteiger partial charge in [-0.3, -0.25) is 4.79 Å². The molecule has 0 bridgehead atoms. The first-order valence-corrected chi connectivity index (χ1v) is 8.98. The van der Waals surface area contributed by atoms with Crippen molar-refractivity contribution in [1.82, 2.24) is 10.3 Å². The first-order valence-electron chi connectivity index (χ1n) is 8.98. The number of rotatable bonds is 8. The van der Waals surface area contributed by atoms with E-state index in [0.29, 0.717) is 24.5 Å². The van der Waals surface area contributed by atoms with Crippen molar-refractivity contribution in [2.24, 2.45) is 5.73 Å². The van der Waals surface area contributed by atoms with Gasteiger partial charge in [0.05, 0.1) is 20.3 Å². The number of oxazole rings is 1. The lowest BCUT2D eigenvalue weighted by Crippen LogP contribution is -2.23. The topological polar surface area (TPSA) is 120 Å². The third-order valence-corrected chi connectivity index (χ3v) is 4.36. The number of benzene rings is 2. The fraction of sp³-hybridized carbons (Fsp3) is 0.238. The van der Waals surface area contributed by atoms with E-state index in [-0.39, 0.29) is 23.2 Å². The number of hydrogen-bond acceptors (Lipinski definition) is 7. The molecule has 3 aromatic rings. The molecule has 0 aliphatic carbocycles. The van der Waals surface area contributed by atoms with Gasteiger partial charge >= 0.3 is 0 Å². The Hall–Kier alpha value is -3.52. The lowest BCUT2D eigenvalue weighted by atomic mass is 10.1. The Morgan fingerprint density at radius 3 is 2.52 bits per heavy atom. The van der Waals surface area contributed by atoms with Crippen LogP contribution in [0.2, 0.25) is 0 Å². The van der Waals surface area contributed by atoms with Crippen LogP contribution in [0.25, 0.3) is 0 Å². The number of aromatic hydroxyl groups is 1. The summed E-state index contributed by atoms with van der Waals surface area (Å²) >= 11 is 0. The van der Waals surface area contributed by atoms with Gasteiger partial charge in [0, 0.05) is 6.54 Å². The summed E-state index contributed by atoms with van der Waals surface area (Å²) in [6.07, 6.45) is 1.75. The Morgan fingerprint density at radius 2 is 1.83 bits per heavy atom. The Balaban J connectivity index is 1.59. The van der Waals surface area contributed by atoms with E-state index in [0.717, 1.165) is 11.1 Å². The smallest absolute Gasteiger partial charge is 0.273 e. The summed E-state index contributed by atoms with van der Waals surface area (Å²) in [6.45, 7) is 0.293. The van der Waals surface area contributed by atoms with E-state index in [1.807, 2.05) is 6.07 Å². The summed E-state index contributed by atoms with van der Waals surface area (Å²) in [5.41, 5.74) is 8.06. The highest BCUT2D eigenvalue weighted by molar-refractivity contribution is 5.91. The zero-order chi connectivity index (χ0) is 20.8. The Kier molecular flexibility index (Phi) is 6.36. The van der Waals surface area contributed by atoms with E-state index in [1.54, 1.807) is 50.6 Å². The van der Waals surface area contributed by atoms with E-state index in [4.69, 9.17) is 19.6 Å². The van der Waals surface area contributed by atoms with Crippen LogP contribution in [-0.2, 0) is 13.0 Å². The number of nitrogens with zero attached hydrogens (tertiary/aromatic N) is 1. The van der Waals surface area contributed by atoms with E-state index >= 15 is 0 Å². The van der Waals surface area contributed by atoms with Crippen molar-refractivity contribution in [1.29, 1.82) is 0 Å². The van der Waals surface area contributed by atoms with Crippen molar-refractivity contribution in [2.75, 3.05) is 14.2 Å². The summed E-state index contributed by atoms with van der Waals surface area (Å²) in [7, 11) is 3.12. The molecular weight excluding hydrogens is 374 g/mol. The maximum atomic E-state index is 12.4. The fourth-order valence-electron chi connectivity index (χ4n) is 2.80. The molecule has 0 saturated carbocycles. The number of hydrogen-bond donors (Lipinski definition) is 3. The quantitative estimate of drug-likeness (QED) is 0.534. The minimum Gasteiger partial charge on any atom is -0.508 e. The third-order valence-electron chi connectivity index (χ3n) is 4.36. The lowest BCUT2D eigenvalue weighted by molar-refractivity contribution is 0.0946. The van der Waals surface area contributed by atoms with Crippen molar-refractivity contribution >= 4 is 5.91 Å². The maximum absolute atomic E-state index is 12.4. The van der Waals surface area contributed by atoms with Crippen LogP contribution < -0.4 is 20.5 Å². The number of phenols is 1. The van der Waals surface area contributed by atoms with E-state index in [9.17, 15) is 9.90 Å². The Morgan fingerprint density at radius 1 is 1.14 bits per heavy atom. The molecule has 1 heterocycles. The summed E-state index contributed by atoms with van der Waals surface area (Å²) < 4.78 is 15.8. The van der Waals surface area contributed by atoms with Crippen LogP contribution in [0, 0.1) is 0 Å². The van der Waals surface area contributed by atoms with Crippen LogP contribution in [0.15, 0.2) is 53.1 Å². The molecule has 1 atom stereocenters. The molecule has 1 aromatic heterocycles.